The molecule has 5 nitrogen and oxygen atoms in total. The number of amides is 2. The molecule has 0 saturated carbocycles. The van der Waals surface area contributed by atoms with Crippen LogP contribution in [0.3, 0.4) is 0 Å². The Hall–Kier alpha value is -2.29. The van der Waals surface area contributed by atoms with Crippen molar-refractivity contribution in [2.75, 3.05) is 31.5 Å². The minimum absolute atomic E-state index is 0.209. The van der Waals surface area contributed by atoms with E-state index in [4.69, 9.17) is 23.2 Å². The first-order valence-corrected chi connectivity index (χ1v) is 10.3. The maximum atomic E-state index is 13.2. The summed E-state index contributed by atoms with van der Waals surface area (Å²) in [4.78, 5) is 28.5. The van der Waals surface area contributed by atoms with Crippen molar-refractivity contribution in [3.8, 4) is 0 Å². The van der Waals surface area contributed by atoms with E-state index < -0.39 is 23.7 Å². The Labute approximate surface area is 187 Å². The van der Waals surface area contributed by atoms with E-state index in [1.807, 2.05) is 4.90 Å². The molecular weight excluding hydrogens is 454 g/mol. The molecule has 0 aromatic heterocycles. The zero-order valence-corrected chi connectivity index (χ0v) is 18.1. The van der Waals surface area contributed by atoms with Crippen LogP contribution in [0.2, 0.25) is 10.0 Å². The summed E-state index contributed by atoms with van der Waals surface area (Å²) in [6.45, 7) is 2.82. The number of nitrogens with zero attached hydrogens (tertiary/aromatic N) is 2. The number of nitrogens with one attached hydrogen (secondary N) is 1. The first kappa shape index (κ1) is 23.4. The molecule has 1 aliphatic heterocycles. The summed E-state index contributed by atoms with van der Waals surface area (Å²) in [7, 11) is 0. The van der Waals surface area contributed by atoms with Crippen LogP contribution in [0.25, 0.3) is 0 Å². The van der Waals surface area contributed by atoms with E-state index >= 15 is 0 Å². The van der Waals surface area contributed by atoms with Gasteiger partial charge in [0.15, 0.2) is 0 Å². The van der Waals surface area contributed by atoms with Gasteiger partial charge in [-0.1, -0.05) is 41.4 Å². The molecule has 0 spiro atoms. The van der Waals surface area contributed by atoms with Crippen molar-refractivity contribution in [2.45, 2.75) is 19.1 Å². The lowest BCUT2D eigenvalue weighted by molar-refractivity contribution is -0.138. The molecule has 31 heavy (non-hydrogen) atoms. The van der Waals surface area contributed by atoms with Crippen molar-refractivity contribution in [2.24, 2.45) is 0 Å². The van der Waals surface area contributed by atoms with Crippen LogP contribution in [-0.2, 0) is 11.0 Å². The number of anilines is 1. The maximum absolute atomic E-state index is 13.2. The highest BCUT2D eigenvalue weighted by atomic mass is 35.5. The molecule has 1 unspecified atom stereocenters. The number of benzene rings is 2. The molecule has 0 aliphatic carbocycles. The number of hydrogen-bond acceptors (Lipinski definition) is 3. The van der Waals surface area contributed by atoms with Gasteiger partial charge in [-0.2, -0.15) is 13.2 Å². The molecule has 2 aromatic rings. The zero-order chi connectivity index (χ0) is 22.8. The predicted molar refractivity (Wildman–Crippen MR) is 113 cm³/mol. The SMILES string of the molecule is CC(C(=O)Nc1cccc(Cl)c1Cl)N1CCN(C(=O)c2ccccc2C(F)(F)F)CC1. The molecule has 3 rings (SSSR count). The van der Waals surface area contributed by atoms with E-state index in [0.717, 1.165) is 6.07 Å². The summed E-state index contributed by atoms with van der Waals surface area (Å²) in [6.07, 6.45) is -4.61. The Morgan fingerprint density at radius 3 is 2.29 bits per heavy atom. The van der Waals surface area contributed by atoms with Crippen LogP contribution in [0.1, 0.15) is 22.8 Å². The number of hydrogen-bond donors (Lipinski definition) is 1. The van der Waals surface area contributed by atoms with E-state index in [1.165, 1.54) is 23.1 Å². The standard InChI is InChI=1S/C21H20Cl2F3N3O2/c1-13(19(30)27-17-8-4-7-16(22)18(17)23)28-9-11-29(12-10-28)20(31)14-5-2-3-6-15(14)21(24,25)26/h2-8,13H,9-12H2,1H3,(H,27,30). The number of rotatable bonds is 4. The van der Waals surface area contributed by atoms with E-state index in [1.54, 1.807) is 25.1 Å². The Balaban J connectivity index is 1.62. The van der Waals surface area contributed by atoms with E-state index in [-0.39, 0.29) is 29.6 Å². The largest absolute Gasteiger partial charge is 0.417 e. The molecule has 1 atom stereocenters. The fourth-order valence-corrected chi connectivity index (χ4v) is 3.75. The van der Waals surface area contributed by atoms with Gasteiger partial charge in [-0.05, 0) is 31.2 Å². The van der Waals surface area contributed by atoms with Crippen molar-refractivity contribution < 1.29 is 22.8 Å². The Morgan fingerprint density at radius 1 is 1.00 bits per heavy atom. The van der Waals surface area contributed by atoms with Crippen molar-refractivity contribution in [1.29, 1.82) is 0 Å². The number of piperazine rings is 1. The molecule has 1 aliphatic rings. The van der Waals surface area contributed by atoms with Gasteiger partial charge in [0.25, 0.3) is 5.91 Å². The quantitative estimate of drug-likeness (QED) is 0.693. The van der Waals surface area contributed by atoms with Gasteiger partial charge in [0.05, 0.1) is 32.9 Å². The predicted octanol–water partition coefficient (Wildman–Crippen LogP) is 4.80. The molecule has 10 heteroatoms. The molecule has 1 saturated heterocycles. The van der Waals surface area contributed by atoms with Crippen LogP contribution >= 0.6 is 23.2 Å². The Bertz CT molecular complexity index is 977. The van der Waals surface area contributed by atoms with E-state index in [9.17, 15) is 22.8 Å². The van der Waals surface area contributed by atoms with E-state index in [0.29, 0.717) is 23.8 Å². The van der Waals surface area contributed by atoms with Crippen LogP contribution in [0, 0.1) is 0 Å². The third kappa shape index (κ3) is 5.31. The normalized spacial score (nSPS) is 16.1. The van der Waals surface area contributed by atoms with Crippen molar-refractivity contribution in [3.05, 3.63) is 63.6 Å². The summed E-state index contributed by atoms with van der Waals surface area (Å²) in [5.41, 5.74) is -0.929. The fraction of sp³-hybridized carbons (Fsp3) is 0.333. The highest BCUT2D eigenvalue weighted by Crippen LogP contribution is 2.33. The van der Waals surface area contributed by atoms with Gasteiger partial charge in [0.1, 0.15) is 0 Å². The van der Waals surface area contributed by atoms with E-state index in [2.05, 4.69) is 5.32 Å². The summed E-state index contributed by atoms with van der Waals surface area (Å²) >= 11 is 12.1. The van der Waals surface area contributed by atoms with Crippen molar-refractivity contribution in [3.63, 3.8) is 0 Å². The second-order valence-electron chi connectivity index (χ2n) is 7.14. The first-order chi connectivity index (χ1) is 14.6. The lowest BCUT2D eigenvalue weighted by Crippen LogP contribution is -2.54. The highest BCUT2D eigenvalue weighted by molar-refractivity contribution is 6.44. The fourth-order valence-electron chi connectivity index (χ4n) is 3.40. The third-order valence-corrected chi connectivity index (χ3v) is 6.02. The monoisotopic (exact) mass is 473 g/mol. The Morgan fingerprint density at radius 2 is 1.65 bits per heavy atom. The van der Waals surface area contributed by atoms with Gasteiger partial charge in [0.2, 0.25) is 5.91 Å². The Kier molecular flexibility index (Phi) is 7.13. The first-order valence-electron chi connectivity index (χ1n) is 9.54. The van der Waals surface area contributed by atoms with Gasteiger partial charge in [-0.25, -0.2) is 0 Å². The molecule has 0 radical (unpaired) electrons. The van der Waals surface area contributed by atoms with Crippen LogP contribution in [0.4, 0.5) is 18.9 Å². The molecular formula is C21H20Cl2F3N3O2. The number of carbonyl (C=O) groups is 2. The summed E-state index contributed by atoms with van der Waals surface area (Å²) in [6, 6.07) is 9.12. The second-order valence-corrected chi connectivity index (χ2v) is 7.92. The molecule has 2 aromatic carbocycles. The van der Waals surface area contributed by atoms with Gasteiger partial charge in [0, 0.05) is 26.2 Å². The highest BCUT2D eigenvalue weighted by Gasteiger charge is 2.36. The molecule has 1 heterocycles. The average molecular weight is 474 g/mol. The summed E-state index contributed by atoms with van der Waals surface area (Å²) < 4.78 is 39.7. The molecule has 1 N–H and O–H groups in total. The molecule has 0 bridgehead atoms. The summed E-state index contributed by atoms with van der Waals surface area (Å²) in [5, 5.41) is 3.29. The van der Waals surface area contributed by atoms with Gasteiger partial charge >= 0.3 is 6.18 Å². The number of alkyl halides is 3. The summed E-state index contributed by atoms with van der Waals surface area (Å²) in [5.74, 6) is -0.971. The maximum Gasteiger partial charge on any atom is 0.417 e. The number of carbonyl (C=O) groups excluding carboxylic acids is 2. The number of halogens is 5. The lowest BCUT2D eigenvalue weighted by atomic mass is 10.1. The van der Waals surface area contributed by atoms with Gasteiger partial charge in [-0.3, -0.25) is 14.5 Å². The topological polar surface area (TPSA) is 52.7 Å². The second kappa shape index (κ2) is 9.46. The molecule has 166 valence electrons. The van der Waals surface area contributed by atoms with Crippen LogP contribution in [0.15, 0.2) is 42.5 Å². The van der Waals surface area contributed by atoms with Crippen molar-refractivity contribution in [1.82, 2.24) is 9.80 Å². The minimum Gasteiger partial charge on any atom is -0.336 e. The smallest absolute Gasteiger partial charge is 0.336 e. The van der Waals surface area contributed by atoms with Crippen LogP contribution in [0.5, 0.6) is 0 Å². The van der Waals surface area contributed by atoms with Gasteiger partial charge < -0.3 is 10.2 Å². The molecule has 2 amide bonds. The average Bonchev–Trinajstić information content (AvgIpc) is 2.75. The van der Waals surface area contributed by atoms with Crippen molar-refractivity contribution >= 4 is 40.7 Å². The third-order valence-electron chi connectivity index (χ3n) is 5.20. The van der Waals surface area contributed by atoms with Gasteiger partial charge in [-0.15, -0.1) is 0 Å². The zero-order valence-electron chi connectivity index (χ0n) is 16.5. The van der Waals surface area contributed by atoms with Crippen LogP contribution < -0.4 is 5.32 Å². The minimum atomic E-state index is -4.61. The van der Waals surface area contributed by atoms with Crippen LogP contribution in [-0.4, -0.2) is 53.8 Å². The lowest BCUT2D eigenvalue weighted by Gasteiger charge is -2.37. The molecule has 1 fully saturated rings.